The Hall–Kier alpha value is -4.04. The average molecular weight is 709 g/mol. The first-order valence-electron chi connectivity index (χ1n) is 16.5. The van der Waals surface area contributed by atoms with Crippen molar-refractivity contribution in [3.8, 4) is 5.75 Å². The predicted octanol–water partition coefficient (Wildman–Crippen LogP) is 6.81. The van der Waals surface area contributed by atoms with Crippen LogP contribution in [0.25, 0.3) is 4.85 Å². The number of methoxy groups -OCH3 is 1. The van der Waals surface area contributed by atoms with Crippen molar-refractivity contribution in [2.24, 2.45) is 0 Å². The molecule has 3 heterocycles. The van der Waals surface area contributed by atoms with E-state index in [1.54, 1.807) is 25.3 Å². The Morgan fingerprint density at radius 3 is 2.39 bits per heavy atom. The summed E-state index contributed by atoms with van der Waals surface area (Å²) < 4.78 is 24.3. The summed E-state index contributed by atoms with van der Waals surface area (Å²) in [6.45, 7) is 21.7. The van der Waals surface area contributed by atoms with Gasteiger partial charge in [-0.1, -0.05) is 23.7 Å². The van der Waals surface area contributed by atoms with Crippen LogP contribution in [0, 0.1) is 6.57 Å². The van der Waals surface area contributed by atoms with E-state index in [2.05, 4.69) is 35.2 Å². The summed E-state index contributed by atoms with van der Waals surface area (Å²) in [4.78, 5) is 31.9. The Kier molecular flexibility index (Phi) is 11.3. The second kappa shape index (κ2) is 15.2. The summed E-state index contributed by atoms with van der Waals surface area (Å²) in [6, 6.07) is 11.7. The molecule has 1 amide bonds. The molecule has 0 unspecified atom stereocenters. The highest BCUT2D eigenvalue weighted by Gasteiger charge is 2.31. The van der Waals surface area contributed by atoms with Gasteiger partial charge in [-0.25, -0.2) is 16.4 Å². The Balaban J connectivity index is 1.27. The molecule has 3 aromatic rings. The number of amides is 1. The van der Waals surface area contributed by atoms with E-state index < -0.39 is 12.7 Å². The van der Waals surface area contributed by atoms with Crippen LogP contribution in [0.1, 0.15) is 39.2 Å². The number of benzene rings is 2. The minimum atomic E-state index is -2.57. The standard InChI is InChI=1S/C35H46ClN8O4P/c1-35(2,3)48-34(45)44-18-16-42(17-19-44)25-12-14-43(15-13-25)29-21-30(47-5)28(20-24(29)22-37-4)40-33-38-23-26(36)32(41-33)39-27-10-8-9-11-31(27)49(6,7)46/h8-11,20-21,23,25H,12-19,22H2,1-3,5-7H3,(H2,38,39,40,41). The van der Waals surface area contributed by atoms with Crippen LogP contribution in [0.2, 0.25) is 5.02 Å². The van der Waals surface area contributed by atoms with E-state index in [1.807, 2.05) is 57.2 Å². The van der Waals surface area contributed by atoms with Crippen molar-refractivity contribution in [1.82, 2.24) is 19.8 Å². The van der Waals surface area contributed by atoms with E-state index in [9.17, 15) is 9.36 Å². The van der Waals surface area contributed by atoms with Crippen molar-refractivity contribution < 1.29 is 18.8 Å². The summed E-state index contributed by atoms with van der Waals surface area (Å²) in [5.41, 5.74) is 2.65. The Morgan fingerprint density at radius 1 is 1.06 bits per heavy atom. The maximum Gasteiger partial charge on any atom is 0.410 e. The highest BCUT2D eigenvalue weighted by atomic mass is 35.5. The molecular weight excluding hydrogens is 663 g/mol. The van der Waals surface area contributed by atoms with Crippen LogP contribution < -0.4 is 25.6 Å². The number of piperazine rings is 1. The molecule has 1 aromatic heterocycles. The monoisotopic (exact) mass is 708 g/mol. The van der Waals surface area contributed by atoms with Crippen molar-refractivity contribution >= 4 is 59.0 Å². The van der Waals surface area contributed by atoms with Gasteiger partial charge in [-0.15, -0.1) is 0 Å². The average Bonchev–Trinajstić information content (AvgIpc) is 3.06. The number of aromatic nitrogens is 2. The van der Waals surface area contributed by atoms with E-state index in [4.69, 9.17) is 27.6 Å². The Labute approximate surface area is 294 Å². The zero-order valence-electron chi connectivity index (χ0n) is 29.1. The number of nitrogens with one attached hydrogen (secondary N) is 2. The van der Waals surface area contributed by atoms with Gasteiger partial charge in [-0.05, 0) is 65.1 Å². The largest absolute Gasteiger partial charge is 0.494 e. The van der Waals surface area contributed by atoms with Gasteiger partial charge in [0.15, 0.2) is 5.82 Å². The number of hydrogen-bond donors (Lipinski definition) is 2. The molecule has 14 heteroatoms. The summed E-state index contributed by atoms with van der Waals surface area (Å²) in [5, 5.41) is 7.50. The van der Waals surface area contributed by atoms with E-state index in [0.717, 1.165) is 50.3 Å². The van der Waals surface area contributed by atoms with E-state index in [1.165, 1.54) is 6.20 Å². The maximum absolute atomic E-state index is 12.9. The molecule has 12 nitrogen and oxygen atoms in total. The van der Waals surface area contributed by atoms with Gasteiger partial charge in [0.2, 0.25) is 12.5 Å². The van der Waals surface area contributed by atoms with Gasteiger partial charge >= 0.3 is 6.09 Å². The molecule has 2 saturated heterocycles. The summed E-state index contributed by atoms with van der Waals surface area (Å²) in [6.07, 6.45) is 3.22. The quantitative estimate of drug-likeness (QED) is 0.181. The van der Waals surface area contributed by atoms with Gasteiger partial charge in [0.25, 0.3) is 0 Å². The highest BCUT2D eigenvalue weighted by Crippen LogP contribution is 2.40. The lowest BCUT2D eigenvalue weighted by Crippen LogP contribution is -2.55. The number of piperidine rings is 1. The molecule has 2 N–H and O–H groups in total. The number of nitrogens with zero attached hydrogens (tertiary/aromatic N) is 6. The normalized spacial score (nSPS) is 16.2. The first-order chi connectivity index (χ1) is 23.3. The third-order valence-electron chi connectivity index (χ3n) is 8.67. The number of carbonyl (C=O) groups is 1. The number of ether oxygens (including phenoxy) is 2. The topological polar surface area (TPSA) is 117 Å². The second-order valence-corrected chi connectivity index (χ2v) is 17.3. The molecule has 2 fully saturated rings. The van der Waals surface area contributed by atoms with Crippen molar-refractivity contribution in [1.29, 1.82) is 0 Å². The molecule has 0 saturated carbocycles. The van der Waals surface area contributed by atoms with Gasteiger partial charge in [0.1, 0.15) is 23.5 Å². The molecule has 49 heavy (non-hydrogen) atoms. The lowest BCUT2D eigenvalue weighted by Gasteiger charge is -2.43. The zero-order chi connectivity index (χ0) is 35.3. The molecule has 0 radical (unpaired) electrons. The minimum absolute atomic E-state index is 0.208. The van der Waals surface area contributed by atoms with Crippen LogP contribution in [0.4, 0.5) is 33.6 Å². The van der Waals surface area contributed by atoms with Crippen LogP contribution in [-0.2, 0) is 15.8 Å². The number of anilines is 5. The Morgan fingerprint density at radius 2 is 1.76 bits per heavy atom. The number of carbonyl (C=O) groups excluding carboxylic acids is 1. The molecule has 2 aliphatic heterocycles. The van der Waals surface area contributed by atoms with Gasteiger partial charge in [-0.2, -0.15) is 4.98 Å². The number of hydrogen-bond acceptors (Lipinski definition) is 10. The number of halogens is 1. The van der Waals surface area contributed by atoms with Crippen molar-refractivity contribution in [2.45, 2.75) is 51.8 Å². The first-order valence-corrected chi connectivity index (χ1v) is 19.5. The summed E-state index contributed by atoms with van der Waals surface area (Å²) in [5.74, 6) is 1.25. The SMILES string of the molecule is [C-]#[N+]Cc1cc(Nc2ncc(Cl)c(Nc3ccccc3P(C)(C)=O)n2)c(OC)cc1N1CCC(N2CCN(C(=O)OC(C)(C)C)CC2)CC1. The van der Waals surface area contributed by atoms with E-state index in [-0.39, 0.29) is 18.6 Å². The Bertz CT molecular complexity index is 1740. The fourth-order valence-electron chi connectivity index (χ4n) is 6.27. The molecule has 0 atom stereocenters. The van der Waals surface area contributed by atoms with Crippen LogP contribution in [0.15, 0.2) is 42.6 Å². The van der Waals surface area contributed by atoms with Gasteiger partial charge < -0.3 is 39.3 Å². The van der Waals surface area contributed by atoms with Gasteiger partial charge in [0.05, 0.1) is 35.9 Å². The fraction of sp³-hybridized carbons (Fsp3) is 0.486. The lowest BCUT2D eigenvalue weighted by molar-refractivity contribution is 0.00901. The van der Waals surface area contributed by atoms with E-state index in [0.29, 0.717) is 52.4 Å². The molecule has 0 spiro atoms. The summed E-state index contributed by atoms with van der Waals surface area (Å²) in [7, 11) is -0.952. The molecule has 2 aromatic carbocycles. The van der Waals surface area contributed by atoms with Gasteiger partial charge in [-0.3, -0.25) is 4.90 Å². The van der Waals surface area contributed by atoms with E-state index >= 15 is 0 Å². The van der Waals surface area contributed by atoms with Crippen LogP contribution in [0.3, 0.4) is 0 Å². The maximum atomic E-state index is 12.9. The van der Waals surface area contributed by atoms with Crippen molar-refractivity contribution in [3.05, 3.63) is 64.6 Å². The molecule has 2 aliphatic rings. The van der Waals surface area contributed by atoms with Gasteiger partial charge in [0, 0.05) is 56.7 Å². The van der Waals surface area contributed by atoms with Crippen LogP contribution in [-0.4, -0.2) is 97.2 Å². The highest BCUT2D eigenvalue weighted by molar-refractivity contribution is 7.70. The molecule has 0 aliphatic carbocycles. The fourth-order valence-corrected chi connectivity index (χ4v) is 7.56. The number of para-hydroxylation sites is 1. The zero-order valence-corrected chi connectivity index (χ0v) is 30.8. The first kappa shape index (κ1) is 36.2. The third-order valence-corrected chi connectivity index (χ3v) is 10.5. The molecule has 5 rings (SSSR count). The second-order valence-electron chi connectivity index (χ2n) is 13.7. The minimum Gasteiger partial charge on any atom is -0.494 e. The molecular formula is C35H46ClN8O4P. The smallest absolute Gasteiger partial charge is 0.410 e. The van der Waals surface area contributed by atoms with Crippen molar-refractivity contribution in [3.63, 3.8) is 0 Å². The third kappa shape index (κ3) is 9.15. The van der Waals surface area contributed by atoms with Crippen LogP contribution >= 0.6 is 18.7 Å². The predicted molar refractivity (Wildman–Crippen MR) is 197 cm³/mol. The number of rotatable bonds is 9. The summed E-state index contributed by atoms with van der Waals surface area (Å²) >= 11 is 6.48. The van der Waals surface area contributed by atoms with Crippen molar-refractivity contribution in [2.75, 3.05) is 75.2 Å². The molecule has 262 valence electrons. The lowest BCUT2D eigenvalue weighted by atomic mass is 10.00. The molecule has 0 bridgehead atoms. The van der Waals surface area contributed by atoms with Crippen LogP contribution in [0.5, 0.6) is 5.75 Å².